The molecule has 0 bridgehead atoms. The molecule has 2 nitrogen and oxygen atoms in total. The Bertz CT molecular complexity index is 391. The first-order chi connectivity index (χ1) is 8.91. The van der Waals surface area contributed by atoms with Gasteiger partial charge in [-0.1, -0.05) is 38.0 Å². The summed E-state index contributed by atoms with van der Waals surface area (Å²) in [7, 11) is 0. The van der Waals surface area contributed by atoms with Crippen LogP contribution in [0.4, 0.5) is 13.2 Å². The van der Waals surface area contributed by atoms with Crippen LogP contribution in [0.15, 0.2) is 24.3 Å². The highest BCUT2D eigenvalue weighted by atomic mass is 19.4. The van der Waals surface area contributed by atoms with Crippen LogP contribution in [0, 0.1) is 0 Å². The van der Waals surface area contributed by atoms with Gasteiger partial charge in [0.2, 0.25) is 0 Å². The third kappa shape index (κ3) is 4.21. The Labute approximate surface area is 112 Å². The van der Waals surface area contributed by atoms with Crippen LogP contribution in [0.25, 0.3) is 0 Å². The molecule has 0 radical (unpaired) electrons. The number of alkyl halides is 3. The highest BCUT2D eigenvalue weighted by molar-refractivity contribution is 5.34. The van der Waals surface area contributed by atoms with Crippen LogP contribution < -0.4 is 11.5 Å². The van der Waals surface area contributed by atoms with Crippen molar-refractivity contribution in [3.8, 4) is 0 Å². The molecule has 4 N–H and O–H groups in total. The fraction of sp³-hybridized carbons (Fsp3) is 0.571. The van der Waals surface area contributed by atoms with Crippen molar-refractivity contribution in [2.45, 2.75) is 44.3 Å². The zero-order valence-corrected chi connectivity index (χ0v) is 11.1. The van der Waals surface area contributed by atoms with Gasteiger partial charge in [0.05, 0.1) is 5.56 Å². The van der Waals surface area contributed by atoms with E-state index in [1.807, 2.05) is 6.92 Å². The van der Waals surface area contributed by atoms with E-state index in [1.165, 1.54) is 12.1 Å². The largest absolute Gasteiger partial charge is 0.416 e. The molecule has 19 heavy (non-hydrogen) atoms. The van der Waals surface area contributed by atoms with Crippen LogP contribution in [0.2, 0.25) is 0 Å². The Morgan fingerprint density at radius 3 is 2.37 bits per heavy atom. The van der Waals surface area contributed by atoms with Crippen LogP contribution in [0.1, 0.15) is 43.2 Å². The summed E-state index contributed by atoms with van der Waals surface area (Å²) >= 11 is 0. The van der Waals surface area contributed by atoms with Gasteiger partial charge in [0.1, 0.15) is 0 Å². The van der Waals surface area contributed by atoms with E-state index in [2.05, 4.69) is 0 Å². The monoisotopic (exact) mass is 274 g/mol. The highest BCUT2D eigenvalue weighted by Gasteiger charge is 2.35. The predicted octanol–water partition coefficient (Wildman–Crippen LogP) is 3.27. The lowest BCUT2D eigenvalue weighted by Gasteiger charge is -2.25. The lowest BCUT2D eigenvalue weighted by atomic mass is 9.86. The molecule has 0 aliphatic carbocycles. The molecule has 0 spiro atoms. The molecular weight excluding hydrogens is 253 g/mol. The lowest BCUT2D eigenvalue weighted by molar-refractivity contribution is -0.138. The van der Waals surface area contributed by atoms with Gasteiger partial charge in [-0.2, -0.15) is 13.2 Å². The number of halogens is 3. The van der Waals surface area contributed by atoms with Gasteiger partial charge in [-0.15, -0.1) is 0 Å². The Balaban J connectivity index is 3.05. The van der Waals surface area contributed by atoms with Crippen LogP contribution in [-0.4, -0.2) is 12.6 Å². The van der Waals surface area contributed by atoms with Crippen molar-refractivity contribution >= 4 is 0 Å². The molecule has 5 heteroatoms. The summed E-state index contributed by atoms with van der Waals surface area (Å²) in [6.07, 6.45) is -1.82. The van der Waals surface area contributed by atoms with Gasteiger partial charge in [-0.05, 0) is 18.1 Å². The quantitative estimate of drug-likeness (QED) is 0.836. The Hall–Kier alpha value is -1.07. The minimum absolute atomic E-state index is 0.123. The van der Waals surface area contributed by atoms with E-state index in [-0.39, 0.29) is 18.2 Å². The second-order valence-corrected chi connectivity index (χ2v) is 4.73. The van der Waals surface area contributed by atoms with Crippen LogP contribution in [0.5, 0.6) is 0 Å². The first kappa shape index (κ1) is 16.0. The average Bonchev–Trinajstić information content (AvgIpc) is 2.36. The Kier molecular flexibility index (Phi) is 5.82. The summed E-state index contributed by atoms with van der Waals surface area (Å²) in [5.41, 5.74) is 11.2. The van der Waals surface area contributed by atoms with Crippen molar-refractivity contribution in [1.82, 2.24) is 0 Å². The van der Waals surface area contributed by atoms with Crippen LogP contribution >= 0.6 is 0 Å². The van der Waals surface area contributed by atoms with Gasteiger partial charge in [-0.3, -0.25) is 0 Å². The minimum atomic E-state index is -4.37. The first-order valence-electron chi connectivity index (χ1n) is 6.53. The molecule has 2 atom stereocenters. The van der Waals surface area contributed by atoms with Gasteiger partial charge < -0.3 is 11.5 Å². The summed E-state index contributed by atoms with van der Waals surface area (Å²) in [6.45, 7) is 2.14. The zero-order valence-electron chi connectivity index (χ0n) is 11.1. The van der Waals surface area contributed by atoms with Gasteiger partial charge in [0.15, 0.2) is 0 Å². The van der Waals surface area contributed by atoms with Crippen LogP contribution in [-0.2, 0) is 6.18 Å². The maximum Gasteiger partial charge on any atom is 0.416 e. The molecule has 1 aromatic carbocycles. The summed E-state index contributed by atoms with van der Waals surface area (Å²) in [4.78, 5) is 0. The molecule has 0 fully saturated rings. The molecule has 0 aromatic heterocycles. The smallest absolute Gasteiger partial charge is 0.330 e. The number of unbranched alkanes of at least 4 members (excludes halogenated alkanes) is 1. The predicted molar refractivity (Wildman–Crippen MR) is 70.7 cm³/mol. The summed E-state index contributed by atoms with van der Waals surface area (Å²) in [5.74, 6) is -0.454. The maximum absolute atomic E-state index is 13.0. The van der Waals surface area contributed by atoms with E-state index < -0.39 is 17.7 Å². The van der Waals surface area contributed by atoms with E-state index >= 15 is 0 Å². The van der Waals surface area contributed by atoms with Gasteiger partial charge in [0, 0.05) is 18.5 Å². The Morgan fingerprint density at radius 1 is 1.21 bits per heavy atom. The van der Waals surface area contributed by atoms with E-state index in [0.29, 0.717) is 6.42 Å². The Morgan fingerprint density at radius 2 is 1.84 bits per heavy atom. The molecule has 0 heterocycles. The van der Waals surface area contributed by atoms with Crippen molar-refractivity contribution < 1.29 is 13.2 Å². The topological polar surface area (TPSA) is 52.0 Å². The number of rotatable bonds is 6. The SMILES string of the molecule is CCCCC(N)C(CN)c1ccccc1C(F)(F)F. The standard InChI is InChI=1S/C14H21F3N2/c1-2-3-8-13(19)11(9-18)10-6-4-5-7-12(10)14(15,16)17/h4-7,11,13H,2-3,8-9,18-19H2,1H3. The third-order valence-corrected chi connectivity index (χ3v) is 3.33. The third-order valence-electron chi connectivity index (χ3n) is 3.33. The minimum Gasteiger partial charge on any atom is -0.330 e. The second-order valence-electron chi connectivity index (χ2n) is 4.73. The number of nitrogens with two attached hydrogens (primary N) is 2. The van der Waals surface area contributed by atoms with E-state index in [4.69, 9.17) is 11.5 Å². The summed E-state index contributed by atoms with van der Waals surface area (Å²) in [5, 5.41) is 0. The average molecular weight is 274 g/mol. The van der Waals surface area contributed by atoms with Crippen molar-refractivity contribution in [3.05, 3.63) is 35.4 Å². The summed E-state index contributed by atoms with van der Waals surface area (Å²) in [6, 6.07) is 5.21. The second kappa shape index (κ2) is 6.91. The van der Waals surface area contributed by atoms with E-state index in [9.17, 15) is 13.2 Å². The first-order valence-corrected chi connectivity index (χ1v) is 6.53. The molecular formula is C14H21F3N2. The molecule has 0 amide bonds. The zero-order chi connectivity index (χ0) is 14.5. The molecule has 2 unspecified atom stereocenters. The fourth-order valence-corrected chi connectivity index (χ4v) is 2.25. The van der Waals surface area contributed by atoms with E-state index in [1.54, 1.807) is 6.07 Å². The number of benzene rings is 1. The van der Waals surface area contributed by atoms with Gasteiger partial charge >= 0.3 is 6.18 Å². The number of hydrogen-bond acceptors (Lipinski definition) is 2. The maximum atomic E-state index is 13.0. The highest BCUT2D eigenvalue weighted by Crippen LogP contribution is 2.36. The van der Waals surface area contributed by atoms with Gasteiger partial charge in [-0.25, -0.2) is 0 Å². The molecule has 0 saturated heterocycles. The lowest BCUT2D eigenvalue weighted by Crippen LogP contribution is -2.34. The van der Waals surface area contributed by atoms with E-state index in [0.717, 1.165) is 18.9 Å². The molecule has 0 saturated carbocycles. The molecule has 1 rings (SSSR count). The molecule has 0 aliphatic rings. The fourth-order valence-electron chi connectivity index (χ4n) is 2.25. The van der Waals surface area contributed by atoms with Crippen molar-refractivity contribution in [2.75, 3.05) is 6.54 Å². The van der Waals surface area contributed by atoms with Crippen molar-refractivity contribution in [3.63, 3.8) is 0 Å². The number of hydrogen-bond donors (Lipinski definition) is 2. The summed E-state index contributed by atoms with van der Waals surface area (Å²) < 4.78 is 38.9. The molecule has 0 aliphatic heterocycles. The normalized spacial score (nSPS) is 15.3. The van der Waals surface area contributed by atoms with Crippen molar-refractivity contribution in [2.24, 2.45) is 11.5 Å². The molecule has 1 aromatic rings. The van der Waals surface area contributed by atoms with Crippen molar-refractivity contribution in [1.29, 1.82) is 0 Å². The van der Waals surface area contributed by atoms with Gasteiger partial charge in [0.25, 0.3) is 0 Å². The molecule has 108 valence electrons. The van der Waals surface area contributed by atoms with Crippen LogP contribution in [0.3, 0.4) is 0 Å².